The van der Waals surface area contributed by atoms with Gasteiger partial charge in [-0.3, -0.25) is 9.36 Å². The third-order valence-electron chi connectivity index (χ3n) is 4.32. The van der Waals surface area contributed by atoms with Crippen molar-refractivity contribution in [2.24, 2.45) is 0 Å². The Hall–Kier alpha value is -4.08. The van der Waals surface area contributed by atoms with Gasteiger partial charge < -0.3 is 9.47 Å². The SMILES string of the molecule is CCOC(=O)c1ccc(-n2ccc3c(nnc4c(C(=O)OC)cnn43)c2=O)cc1. The van der Waals surface area contributed by atoms with E-state index < -0.39 is 17.5 Å². The molecule has 3 heterocycles. The number of rotatable bonds is 4. The molecule has 0 spiro atoms. The predicted molar refractivity (Wildman–Crippen MR) is 101 cm³/mol. The van der Waals surface area contributed by atoms with Crippen molar-refractivity contribution in [2.75, 3.05) is 13.7 Å². The van der Waals surface area contributed by atoms with Gasteiger partial charge in [0, 0.05) is 11.9 Å². The zero-order chi connectivity index (χ0) is 20.5. The first-order valence-electron chi connectivity index (χ1n) is 8.66. The molecular weight excluding hydrogens is 378 g/mol. The Morgan fingerprint density at radius 2 is 1.83 bits per heavy atom. The summed E-state index contributed by atoms with van der Waals surface area (Å²) in [6.45, 7) is 2.01. The minimum absolute atomic E-state index is 0.0778. The van der Waals surface area contributed by atoms with Crippen LogP contribution in [-0.4, -0.2) is 50.0 Å². The largest absolute Gasteiger partial charge is 0.465 e. The number of pyridine rings is 1. The van der Waals surface area contributed by atoms with Gasteiger partial charge in [0.1, 0.15) is 11.1 Å². The molecule has 0 saturated heterocycles. The standard InChI is InChI=1S/C19H15N5O5/c1-3-29-18(26)11-4-6-12(7-5-11)23-9-8-14-15(17(23)25)21-22-16-13(19(27)28-2)10-20-24(14)16/h4-10H,3H2,1-2H3. The van der Waals surface area contributed by atoms with Crippen molar-refractivity contribution in [1.29, 1.82) is 0 Å². The molecule has 0 aliphatic rings. The number of aromatic nitrogens is 5. The predicted octanol–water partition coefficient (Wildman–Crippen LogP) is 1.39. The molecule has 0 unspecified atom stereocenters. The molecule has 0 bridgehead atoms. The van der Waals surface area contributed by atoms with Crippen molar-refractivity contribution in [3.8, 4) is 5.69 Å². The second kappa shape index (κ2) is 7.15. The Kier molecular flexibility index (Phi) is 4.51. The fraction of sp³-hybridized carbons (Fsp3) is 0.158. The van der Waals surface area contributed by atoms with Gasteiger partial charge in [-0.25, -0.2) is 14.1 Å². The molecule has 3 aromatic heterocycles. The van der Waals surface area contributed by atoms with Crippen LogP contribution in [0.4, 0.5) is 0 Å². The number of carbonyl (C=O) groups is 2. The summed E-state index contributed by atoms with van der Waals surface area (Å²) in [5.41, 5.74) is 1.33. The number of methoxy groups -OCH3 is 1. The van der Waals surface area contributed by atoms with Crippen LogP contribution in [0, 0.1) is 0 Å². The third-order valence-corrected chi connectivity index (χ3v) is 4.32. The maximum Gasteiger partial charge on any atom is 0.343 e. The Balaban J connectivity index is 1.80. The van der Waals surface area contributed by atoms with Gasteiger partial charge in [0.25, 0.3) is 5.56 Å². The summed E-state index contributed by atoms with van der Waals surface area (Å²) >= 11 is 0. The summed E-state index contributed by atoms with van der Waals surface area (Å²) in [5.74, 6) is -1.03. The molecule has 29 heavy (non-hydrogen) atoms. The van der Waals surface area contributed by atoms with Crippen molar-refractivity contribution < 1.29 is 19.1 Å². The number of carbonyl (C=O) groups excluding carboxylic acids is 2. The molecule has 0 N–H and O–H groups in total. The maximum atomic E-state index is 12.9. The summed E-state index contributed by atoms with van der Waals surface area (Å²) in [6.07, 6.45) is 2.87. The van der Waals surface area contributed by atoms with Gasteiger partial charge in [0.15, 0.2) is 11.2 Å². The number of ether oxygens (including phenoxy) is 2. The lowest BCUT2D eigenvalue weighted by molar-refractivity contribution is 0.0525. The quantitative estimate of drug-likeness (QED) is 0.478. The molecule has 0 amide bonds. The molecule has 0 aliphatic heterocycles. The molecule has 0 saturated carbocycles. The summed E-state index contributed by atoms with van der Waals surface area (Å²) in [4.78, 5) is 36.5. The van der Waals surface area contributed by atoms with E-state index in [4.69, 9.17) is 9.47 Å². The maximum absolute atomic E-state index is 12.9. The van der Waals surface area contributed by atoms with Crippen LogP contribution in [0.15, 0.2) is 47.5 Å². The topological polar surface area (TPSA) is 118 Å². The highest BCUT2D eigenvalue weighted by atomic mass is 16.5. The van der Waals surface area contributed by atoms with Crippen LogP contribution in [0.25, 0.3) is 22.4 Å². The third kappa shape index (κ3) is 3.00. The van der Waals surface area contributed by atoms with Crippen LogP contribution in [0.3, 0.4) is 0 Å². The van der Waals surface area contributed by atoms with Gasteiger partial charge >= 0.3 is 11.9 Å². The highest BCUT2D eigenvalue weighted by Gasteiger charge is 2.18. The van der Waals surface area contributed by atoms with E-state index in [-0.39, 0.29) is 23.3 Å². The molecule has 0 fully saturated rings. The summed E-state index contributed by atoms with van der Waals surface area (Å²) in [6, 6.07) is 8.07. The molecule has 4 aromatic rings. The number of nitrogens with zero attached hydrogens (tertiary/aromatic N) is 5. The minimum Gasteiger partial charge on any atom is -0.465 e. The molecule has 0 radical (unpaired) electrons. The van der Waals surface area contributed by atoms with Crippen molar-refractivity contribution in [3.05, 3.63) is 64.2 Å². The van der Waals surface area contributed by atoms with Gasteiger partial charge in [0.2, 0.25) is 0 Å². The van der Waals surface area contributed by atoms with Crippen molar-refractivity contribution in [1.82, 2.24) is 24.4 Å². The van der Waals surface area contributed by atoms with Crippen LogP contribution in [0.2, 0.25) is 0 Å². The highest BCUT2D eigenvalue weighted by molar-refractivity contribution is 5.96. The lowest BCUT2D eigenvalue weighted by Crippen LogP contribution is -2.20. The molecule has 10 nitrogen and oxygen atoms in total. The summed E-state index contributed by atoms with van der Waals surface area (Å²) in [7, 11) is 1.26. The molecule has 4 rings (SSSR count). The van der Waals surface area contributed by atoms with Gasteiger partial charge in [0.05, 0.1) is 25.5 Å². The first-order chi connectivity index (χ1) is 14.0. The smallest absolute Gasteiger partial charge is 0.343 e. The second-order valence-corrected chi connectivity index (χ2v) is 5.98. The van der Waals surface area contributed by atoms with Crippen molar-refractivity contribution in [3.63, 3.8) is 0 Å². The first kappa shape index (κ1) is 18.3. The molecule has 146 valence electrons. The lowest BCUT2D eigenvalue weighted by atomic mass is 10.2. The van der Waals surface area contributed by atoms with Crippen molar-refractivity contribution in [2.45, 2.75) is 6.92 Å². The van der Waals surface area contributed by atoms with E-state index in [9.17, 15) is 14.4 Å². The molecule has 10 heteroatoms. The number of hydrogen-bond acceptors (Lipinski definition) is 8. The lowest BCUT2D eigenvalue weighted by Gasteiger charge is -2.08. The fourth-order valence-electron chi connectivity index (χ4n) is 2.92. The highest BCUT2D eigenvalue weighted by Crippen LogP contribution is 2.15. The van der Waals surface area contributed by atoms with Crippen molar-refractivity contribution >= 4 is 28.6 Å². The van der Waals surface area contributed by atoms with Gasteiger partial charge in [-0.05, 0) is 37.3 Å². The molecule has 1 aromatic carbocycles. The Morgan fingerprint density at radius 1 is 1.07 bits per heavy atom. The fourth-order valence-corrected chi connectivity index (χ4v) is 2.92. The molecule has 0 aliphatic carbocycles. The van der Waals surface area contributed by atoms with Crippen LogP contribution in [-0.2, 0) is 9.47 Å². The average molecular weight is 393 g/mol. The Bertz CT molecular complexity index is 1310. The second-order valence-electron chi connectivity index (χ2n) is 5.98. The average Bonchev–Trinajstić information content (AvgIpc) is 3.18. The van der Waals surface area contributed by atoms with Crippen LogP contribution < -0.4 is 5.56 Å². The van der Waals surface area contributed by atoms with E-state index in [2.05, 4.69) is 15.3 Å². The number of esters is 2. The summed E-state index contributed by atoms with van der Waals surface area (Å²) in [5, 5.41) is 12.1. The minimum atomic E-state index is -0.594. The molecule has 0 atom stereocenters. The number of fused-ring (bicyclic) bond motifs is 3. The van der Waals surface area contributed by atoms with Crippen LogP contribution >= 0.6 is 0 Å². The summed E-state index contributed by atoms with van der Waals surface area (Å²) < 4.78 is 12.4. The van der Waals surface area contributed by atoms with E-state index >= 15 is 0 Å². The van der Waals surface area contributed by atoms with Gasteiger partial charge in [-0.2, -0.15) is 5.10 Å². The number of hydrogen-bond donors (Lipinski definition) is 0. The first-order valence-corrected chi connectivity index (χ1v) is 8.66. The van der Waals surface area contributed by atoms with Gasteiger partial charge in [-0.15, -0.1) is 10.2 Å². The van der Waals surface area contributed by atoms with E-state index in [1.165, 1.54) is 22.4 Å². The van der Waals surface area contributed by atoms with E-state index in [1.54, 1.807) is 43.5 Å². The monoisotopic (exact) mass is 393 g/mol. The zero-order valence-electron chi connectivity index (χ0n) is 15.5. The Labute approximate surface area is 163 Å². The molecular formula is C19H15N5O5. The normalized spacial score (nSPS) is 11.0. The van der Waals surface area contributed by atoms with E-state index in [0.29, 0.717) is 16.8 Å². The number of benzene rings is 1. The zero-order valence-corrected chi connectivity index (χ0v) is 15.5. The van der Waals surface area contributed by atoms with Crippen LogP contribution in [0.5, 0.6) is 0 Å². The van der Waals surface area contributed by atoms with E-state index in [0.717, 1.165) is 0 Å². The Morgan fingerprint density at radius 3 is 2.52 bits per heavy atom. The van der Waals surface area contributed by atoms with Crippen LogP contribution in [0.1, 0.15) is 27.6 Å². The van der Waals surface area contributed by atoms with Gasteiger partial charge in [-0.1, -0.05) is 0 Å². The van der Waals surface area contributed by atoms with E-state index in [1.807, 2.05) is 0 Å².